The van der Waals surface area contributed by atoms with Crippen molar-refractivity contribution in [2.24, 2.45) is 5.92 Å². The molecule has 2 aliphatic heterocycles. The maximum Gasteiger partial charge on any atom is 0.0218 e. The monoisotopic (exact) mass is 253 g/mol. The van der Waals surface area contributed by atoms with Gasteiger partial charge in [0.15, 0.2) is 0 Å². The maximum absolute atomic E-state index is 3.80. The highest BCUT2D eigenvalue weighted by atomic mass is 15.2. The Morgan fingerprint density at radius 1 is 1.17 bits per heavy atom. The number of likely N-dealkylation sites (tertiary alicyclic amines) is 2. The van der Waals surface area contributed by atoms with Gasteiger partial charge in [-0.15, -0.1) is 0 Å². The second-order valence-corrected chi connectivity index (χ2v) is 6.25. The Labute approximate surface area is 113 Å². The SMILES string of the molecule is CCN1CCC(C(C)NCC2CCCN2C)CC1. The summed E-state index contributed by atoms with van der Waals surface area (Å²) in [5.74, 6) is 0.888. The highest BCUT2D eigenvalue weighted by molar-refractivity contribution is 4.83. The Morgan fingerprint density at radius 3 is 2.44 bits per heavy atom. The fourth-order valence-corrected chi connectivity index (χ4v) is 3.49. The van der Waals surface area contributed by atoms with Gasteiger partial charge in [-0.2, -0.15) is 0 Å². The van der Waals surface area contributed by atoms with Crippen LogP contribution in [0.25, 0.3) is 0 Å². The predicted molar refractivity (Wildman–Crippen MR) is 78.0 cm³/mol. The van der Waals surface area contributed by atoms with E-state index in [-0.39, 0.29) is 0 Å². The molecule has 18 heavy (non-hydrogen) atoms. The molecule has 0 aromatic heterocycles. The van der Waals surface area contributed by atoms with Crippen molar-refractivity contribution < 1.29 is 0 Å². The Bertz CT molecular complexity index is 236. The number of nitrogens with zero attached hydrogens (tertiary/aromatic N) is 2. The van der Waals surface area contributed by atoms with Gasteiger partial charge < -0.3 is 15.1 Å². The molecule has 2 unspecified atom stereocenters. The van der Waals surface area contributed by atoms with Crippen LogP contribution in [0.4, 0.5) is 0 Å². The van der Waals surface area contributed by atoms with Crippen molar-refractivity contribution in [3.05, 3.63) is 0 Å². The third kappa shape index (κ3) is 3.69. The molecule has 2 rings (SSSR count). The van der Waals surface area contributed by atoms with Crippen LogP contribution < -0.4 is 5.32 Å². The topological polar surface area (TPSA) is 18.5 Å². The number of likely N-dealkylation sites (N-methyl/N-ethyl adjacent to an activating group) is 1. The van der Waals surface area contributed by atoms with E-state index < -0.39 is 0 Å². The van der Waals surface area contributed by atoms with E-state index in [4.69, 9.17) is 0 Å². The summed E-state index contributed by atoms with van der Waals surface area (Å²) in [7, 11) is 2.27. The van der Waals surface area contributed by atoms with E-state index in [1.54, 1.807) is 0 Å². The average molecular weight is 253 g/mol. The summed E-state index contributed by atoms with van der Waals surface area (Å²) in [6.45, 7) is 11.0. The fourth-order valence-electron chi connectivity index (χ4n) is 3.49. The molecule has 1 N–H and O–H groups in total. The Morgan fingerprint density at radius 2 is 1.89 bits per heavy atom. The first-order valence-electron chi connectivity index (χ1n) is 7.86. The lowest BCUT2D eigenvalue weighted by molar-refractivity contribution is 0.165. The molecule has 2 saturated heterocycles. The highest BCUT2D eigenvalue weighted by Crippen LogP contribution is 2.21. The number of rotatable bonds is 5. The molecule has 2 atom stereocenters. The summed E-state index contributed by atoms with van der Waals surface area (Å²) >= 11 is 0. The Balaban J connectivity index is 1.67. The molecular weight excluding hydrogens is 222 g/mol. The number of nitrogens with one attached hydrogen (secondary N) is 1. The third-order valence-electron chi connectivity index (χ3n) is 5.13. The molecule has 2 aliphatic rings. The lowest BCUT2D eigenvalue weighted by Crippen LogP contribution is -2.45. The van der Waals surface area contributed by atoms with Crippen molar-refractivity contribution in [1.82, 2.24) is 15.1 Å². The van der Waals surface area contributed by atoms with E-state index >= 15 is 0 Å². The fraction of sp³-hybridized carbons (Fsp3) is 1.00. The molecule has 106 valence electrons. The van der Waals surface area contributed by atoms with E-state index in [0.29, 0.717) is 6.04 Å². The molecule has 0 aliphatic carbocycles. The molecule has 3 heteroatoms. The van der Waals surface area contributed by atoms with Gasteiger partial charge in [0.25, 0.3) is 0 Å². The highest BCUT2D eigenvalue weighted by Gasteiger charge is 2.25. The van der Waals surface area contributed by atoms with Crippen LogP contribution in [0.3, 0.4) is 0 Å². The molecular formula is C15H31N3. The lowest BCUT2D eigenvalue weighted by Gasteiger charge is -2.35. The first-order valence-corrected chi connectivity index (χ1v) is 7.86. The van der Waals surface area contributed by atoms with E-state index in [2.05, 4.69) is 36.0 Å². The zero-order valence-corrected chi connectivity index (χ0v) is 12.5. The zero-order chi connectivity index (χ0) is 13.0. The molecule has 2 fully saturated rings. The first kappa shape index (κ1) is 14.3. The first-order chi connectivity index (χ1) is 8.70. The minimum atomic E-state index is 0.693. The van der Waals surface area contributed by atoms with E-state index in [1.165, 1.54) is 58.4 Å². The number of hydrogen-bond donors (Lipinski definition) is 1. The van der Waals surface area contributed by atoms with Gasteiger partial charge in [0, 0.05) is 18.6 Å². The van der Waals surface area contributed by atoms with Crippen molar-refractivity contribution in [3.8, 4) is 0 Å². The van der Waals surface area contributed by atoms with E-state index in [0.717, 1.165) is 12.0 Å². The third-order valence-corrected chi connectivity index (χ3v) is 5.13. The molecule has 0 bridgehead atoms. The van der Waals surface area contributed by atoms with E-state index in [9.17, 15) is 0 Å². The normalized spacial score (nSPS) is 29.8. The zero-order valence-electron chi connectivity index (χ0n) is 12.5. The van der Waals surface area contributed by atoms with Crippen molar-refractivity contribution in [2.75, 3.05) is 39.8 Å². The van der Waals surface area contributed by atoms with Crippen LogP contribution >= 0.6 is 0 Å². The van der Waals surface area contributed by atoms with Crippen LogP contribution in [0, 0.1) is 5.92 Å². The van der Waals surface area contributed by atoms with Crippen LogP contribution in [0.1, 0.15) is 39.5 Å². The maximum atomic E-state index is 3.80. The molecule has 3 nitrogen and oxygen atoms in total. The van der Waals surface area contributed by atoms with Gasteiger partial charge in [-0.25, -0.2) is 0 Å². The lowest BCUT2D eigenvalue weighted by atomic mass is 9.90. The second kappa shape index (κ2) is 6.88. The van der Waals surface area contributed by atoms with Gasteiger partial charge in [-0.1, -0.05) is 6.92 Å². The molecule has 0 saturated carbocycles. The second-order valence-electron chi connectivity index (χ2n) is 6.25. The van der Waals surface area contributed by atoms with E-state index in [1.807, 2.05) is 0 Å². The summed E-state index contributed by atoms with van der Waals surface area (Å²) in [4.78, 5) is 5.09. The Hall–Kier alpha value is -0.120. The van der Waals surface area contributed by atoms with Gasteiger partial charge in [0.1, 0.15) is 0 Å². The summed E-state index contributed by atoms with van der Waals surface area (Å²) in [6, 6.07) is 1.47. The smallest absolute Gasteiger partial charge is 0.0218 e. The minimum Gasteiger partial charge on any atom is -0.312 e. The average Bonchev–Trinajstić information content (AvgIpc) is 2.81. The largest absolute Gasteiger partial charge is 0.312 e. The predicted octanol–water partition coefficient (Wildman–Crippen LogP) is 1.79. The molecule has 2 heterocycles. The van der Waals surface area contributed by atoms with Gasteiger partial charge in [-0.05, 0) is 71.8 Å². The van der Waals surface area contributed by atoms with Gasteiger partial charge in [-0.3, -0.25) is 0 Å². The van der Waals surface area contributed by atoms with Gasteiger partial charge in [0.2, 0.25) is 0 Å². The van der Waals surface area contributed by atoms with Crippen LogP contribution in [0.2, 0.25) is 0 Å². The molecule has 0 radical (unpaired) electrons. The summed E-state index contributed by atoms with van der Waals surface area (Å²) in [5.41, 5.74) is 0. The molecule has 0 spiro atoms. The quantitative estimate of drug-likeness (QED) is 0.806. The Kier molecular flexibility index (Phi) is 5.46. The van der Waals surface area contributed by atoms with Crippen molar-refractivity contribution in [3.63, 3.8) is 0 Å². The van der Waals surface area contributed by atoms with Crippen LogP contribution in [-0.2, 0) is 0 Å². The van der Waals surface area contributed by atoms with Crippen LogP contribution in [0.5, 0.6) is 0 Å². The van der Waals surface area contributed by atoms with Crippen molar-refractivity contribution in [2.45, 2.75) is 51.6 Å². The summed E-state index contributed by atoms with van der Waals surface area (Å²) < 4.78 is 0. The minimum absolute atomic E-state index is 0.693. The van der Waals surface area contributed by atoms with Crippen LogP contribution in [-0.4, -0.2) is 61.7 Å². The number of hydrogen-bond acceptors (Lipinski definition) is 3. The van der Waals surface area contributed by atoms with Crippen molar-refractivity contribution in [1.29, 1.82) is 0 Å². The van der Waals surface area contributed by atoms with Crippen molar-refractivity contribution >= 4 is 0 Å². The van der Waals surface area contributed by atoms with Crippen LogP contribution in [0.15, 0.2) is 0 Å². The number of piperidine rings is 1. The molecule has 0 amide bonds. The van der Waals surface area contributed by atoms with Gasteiger partial charge >= 0.3 is 0 Å². The molecule has 0 aromatic carbocycles. The van der Waals surface area contributed by atoms with Gasteiger partial charge in [0.05, 0.1) is 0 Å². The molecule has 0 aromatic rings. The standard InChI is InChI=1S/C15H31N3/c1-4-18-10-7-14(8-11-18)13(2)16-12-15-6-5-9-17(15)3/h13-16H,4-12H2,1-3H3. The summed E-state index contributed by atoms with van der Waals surface area (Å²) in [6.07, 6.45) is 5.52. The summed E-state index contributed by atoms with van der Waals surface area (Å²) in [5, 5.41) is 3.80.